The highest BCUT2D eigenvalue weighted by Crippen LogP contribution is 2.52. The van der Waals surface area contributed by atoms with Crippen LogP contribution < -0.4 is 5.32 Å². The zero-order valence-corrected chi connectivity index (χ0v) is 17.5. The molecule has 0 bridgehead atoms. The summed E-state index contributed by atoms with van der Waals surface area (Å²) < 4.78 is 90.1. The summed E-state index contributed by atoms with van der Waals surface area (Å²) in [4.78, 5) is 11.5. The van der Waals surface area contributed by atoms with Crippen LogP contribution in [0.5, 0.6) is 0 Å². The molecule has 2 fully saturated rings. The van der Waals surface area contributed by atoms with Crippen LogP contribution in [0.2, 0.25) is 0 Å². The van der Waals surface area contributed by atoms with E-state index in [0.717, 1.165) is 5.56 Å². The van der Waals surface area contributed by atoms with Crippen LogP contribution in [0.25, 0.3) is 0 Å². The van der Waals surface area contributed by atoms with Crippen molar-refractivity contribution in [1.29, 1.82) is 0 Å². The van der Waals surface area contributed by atoms with Crippen molar-refractivity contribution in [2.45, 2.75) is 49.2 Å². The van der Waals surface area contributed by atoms with Crippen LogP contribution >= 0.6 is 0 Å². The molecule has 2 aromatic carbocycles. The first-order valence-electron chi connectivity index (χ1n) is 10.2. The summed E-state index contributed by atoms with van der Waals surface area (Å²) in [5, 5.41) is 2.79. The molecule has 1 amide bonds. The highest BCUT2D eigenvalue weighted by molar-refractivity contribution is 5.71. The molecule has 1 heterocycles. The van der Waals surface area contributed by atoms with E-state index >= 15 is 0 Å². The fraction of sp³-hybridized carbons (Fsp3) is 0.435. The van der Waals surface area contributed by atoms with Crippen molar-refractivity contribution in [2.24, 2.45) is 0 Å². The van der Waals surface area contributed by atoms with Gasteiger partial charge in [0.2, 0.25) is 0 Å². The molecule has 10 heteroatoms. The number of cyclic esters (lactones) is 1. The molecule has 1 aliphatic carbocycles. The van der Waals surface area contributed by atoms with Gasteiger partial charge in [-0.3, -0.25) is 0 Å². The Morgan fingerprint density at radius 1 is 1.00 bits per heavy atom. The SMILES string of the molecule is CC(OCC1(c2ccccc2)CC2(COC(=O)N2)C1)c1cc(C(F)(F)F)cc(C(F)(F)F)c1. The van der Waals surface area contributed by atoms with E-state index in [9.17, 15) is 31.1 Å². The summed E-state index contributed by atoms with van der Waals surface area (Å²) in [5.74, 6) is 0. The van der Waals surface area contributed by atoms with Crippen molar-refractivity contribution >= 4 is 6.09 Å². The Hall–Kier alpha value is -2.75. The van der Waals surface area contributed by atoms with Crippen LogP contribution in [0.1, 0.15) is 48.1 Å². The van der Waals surface area contributed by atoms with E-state index in [1.807, 2.05) is 30.3 Å². The van der Waals surface area contributed by atoms with Crippen LogP contribution in [0.4, 0.5) is 31.1 Å². The van der Waals surface area contributed by atoms with Crippen molar-refractivity contribution in [3.8, 4) is 0 Å². The minimum absolute atomic E-state index is 0.0490. The van der Waals surface area contributed by atoms with Crippen molar-refractivity contribution in [3.05, 3.63) is 70.8 Å². The van der Waals surface area contributed by atoms with Gasteiger partial charge in [-0.25, -0.2) is 4.79 Å². The fourth-order valence-corrected chi connectivity index (χ4v) is 4.70. The number of carbonyl (C=O) groups excluding carboxylic acids is 1. The van der Waals surface area contributed by atoms with Crippen LogP contribution in [0, 0.1) is 0 Å². The second-order valence-electron chi connectivity index (χ2n) is 8.77. The number of halogens is 6. The molecule has 4 nitrogen and oxygen atoms in total. The maximum Gasteiger partial charge on any atom is 0.416 e. The van der Waals surface area contributed by atoms with Crippen molar-refractivity contribution in [3.63, 3.8) is 0 Å². The standard InChI is InChI=1S/C23H21F6NO3/c1-14(15-7-17(22(24,25)26)9-18(8-15)23(27,28)29)32-12-20(16-5-3-2-4-6-16)10-21(11-20)13-33-19(31)30-21/h2-9,14H,10-13H2,1H3,(H,30,31). The monoisotopic (exact) mass is 473 g/mol. The molecule has 0 aromatic heterocycles. The largest absolute Gasteiger partial charge is 0.447 e. The van der Waals surface area contributed by atoms with E-state index < -0.39 is 46.6 Å². The molecular weight excluding hydrogens is 452 g/mol. The number of alkyl halides is 6. The van der Waals surface area contributed by atoms with Gasteiger partial charge in [0.15, 0.2) is 0 Å². The number of rotatable bonds is 5. The zero-order chi connectivity index (χ0) is 24.1. The predicted octanol–water partition coefficient (Wildman–Crippen LogP) is 6.01. The number of hydrogen-bond donors (Lipinski definition) is 1. The smallest absolute Gasteiger partial charge is 0.416 e. The Balaban J connectivity index is 1.57. The van der Waals surface area contributed by atoms with E-state index in [-0.39, 0.29) is 24.8 Å². The van der Waals surface area contributed by atoms with E-state index in [1.165, 1.54) is 6.92 Å². The molecule has 1 spiro atoms. The van der Waals surface area contributed by atoms with Gasteiger partial charge in [0.05, 0.1) is 29.4 Å². The van der Waals surface area contributed by atoms with Gasteiger partial charge >= 0.3 is 18.4 Å². The third kappa shape index (κ3) is 4.66. The lowest BCUT2D eigenvalue weighted by atomic mass is 9.55. The van der Waals surface area contributed by atoms with E-state index in [2.05, 4.69) is 5.32 Å². The minimum Gasteiger partial charge on any atom is -0.447 e. The molecule has 1 saturated heterocycles. The Labute approximate surface area is 185 Å². The number of benzene rings is 2. The number of carbonyl (C=O) groups is 1. The first kappa shape index (κ1) is 23.4. The number of hydrogen-bond acceptors (Lipinski definition) is 3. The second kappa shape index (κ2) is 7.93. The molecule has 33 heavy (non-hydrogen) atoms. The molecule has 1 N–H and O–H groups in total. The molecule has 2 aromatic rings. The van der Waals surface area contributed by atoms with Crippen LogP contribution in [-0.4, -0.2) is 24.8 Å². The highest BCUT2D eigenvalue weighted by atomic mass is 19.4. The maximum atomic E-state index is 13.2. The van der Waals surface area contributed by atoms with Gasteiger partial charge in [0.1, 0.15) is 6.61 Å². The third-order valence-corrected chi connectivity index (χ3v) is 6.28. The second-order valence-corrected chi connectivity index (χ2v) is 8.77. The highest BCUT2D eigenvalue weighted by Gasteiger charge is 2.59. The summed E-state index contributed by atoms with van der Waals surface area (Å²) in [6.07, 6.45) is -10.5. The molecule has 1 atom stereocenters. The fourth-order valence-electron chi connectivity index (χ4n) is 4.70. The quantitative estimate of drug-likeness (QED) is 0.541. The lowest BCUT2D eigenvalue weighted by Gasteiger charge is -2.53. The Kier molecular flexibility index (Phi) is 5.63. The number of ether oxygens (including phenoxy) is 2. The van der Waals surface area contributed by atoms with Gasteiger partial charge in [-0.15, -0.1) is 0 Å². The molecule has 0 radical (unpaired) electrons. The maximum absolute atomic E-state index is 13.2. The van der Waals surface area contributed by atoms with E-state index in [4.69, 9.17) is 9.47 Å². The first-order chi connectivity index (χ1) is 15.3. The van der Waals surface area contributed by atoms with Crippen molar-refractivity contribution in [2.75, 3.05) is 13.2 Å². The summed E-state index contributed by atoms with van der Waals surface area (Å²) in [5.41, 5.74) is -3.19. The van der Waals surface area contributed by atoms with Crippen LogP contribution in [-0.2, 0) is 27.2 Å². The van der Waals surface area contributed by atoms with Gasteiger partial charge in [0, 0.05) is 5.41 Å². The lowest BCUT2D eigenvalue weighted by Crippen LogP contribution is -2.63. The zero-order valence-electron chi connectivity index (χ0n) is 17.5. The summed E-state index contributed by atoms with van der Waals surface area (Å²) in [6.45, 7) is 1.66. The normalized spacial score (nSPS) is 26.0. The van der Waals surface area contributed by atoms with Gasteiger partial charge < -0.3 is 14.8 Å². The van der Waals surface area contributed by atoms with Gasteiger partial charge in [-0.2, -0.15) is 26.3 Å². The average Bonchev–Trinajstić information content (AvgIpc) is 3.11. The summed E-state index contributed by atoms with van der Waals surface area (Å²) in [6, 6.07) is 10.7. The molecule has 4 rings (SSSR count). The van der Waals surface area contributed by atoms with Gasteiger partial charge in [-0.05, 0) is 49.1 Å². The lowest BCUT2D eigenvalue weighted by molar-refractivity contribution is -0.143. The molecule has 1 saturated carbocycles. The van der Waals surface area contributed by atoms with E-state index in [0.29, 0.717) is 25.0 Å². The Morgan fingerprint density at radius 2 is 1.58 bits per heavy atom. The molecule has 178 valence electrons. The van der Waals surface area contributed by atoms with Gasteiger partial charge in [0.25, 0.3) is 0 Å². The van der Waals surface area contributed by atoms with E-state index in [1.54, 1.807) is 0 Å². The average molecular weight is 473 g/mol. The van der Waals surface area contributed by atoms with Crippen LogP contribution in [0.3, 0.4) is 0 Å². The molecule has 1 unspecified atom stereocenters. The summed E-state index contributed by atoms with van der Waals surface area (Å²) >= 11 is 0. The van der Waals surface area contributed by atoms with Crippen molar-refractivity contribution < 1.29 is 40.6 Å². The predicted molar refractivity (Wildman–Crippen MR) is 105 cm³/mol. The molecular formula is C23H21F6NO3. The molecule has 1 aliphatic heterocycles. The van der Waals surface area contributed by atoms with Crippen molar-refractivity contribution in [1.82, 2.24) is 5.32 Å². The first-order valence-corrected chi connectivity index (χ1v) is 10.2. The number of nitrogens with one attached hydrogen (secondary N) is 1. The van der Waals surface area contributed by atoms with Gasteiger partial charge in [-0.1, -0.05) is 30.3 Å². The third-order valence-electron chi connectivity index (χ3n) is 6.28. The Bertz CT molecular complexity index is 996. The minimum atomic E-state index is -4.93. The Morgan fingerprint density at radius 3 is 2.06 bits per heavy atom. The van der Waals surface area contributed by atoms with Crippen LogP contribution in [0.15, 0.2) is 48.5 Å². The number of alkyl carbamates (subject to hydrolysis) is 1. The molecule has 2 aliphatic rings. The number of amides is 1. The topological polar surface area (TPSA) is 47.6 Å². The summed E-state index contributed by atoms with van der Waals surface area (Å²) in [7, 11) is 0.